The van der Waals surface area contributed by atoms with Crippen LogP contribution < -0.4 is 5.43 Å². The number of aryl methyl sites for hydroxylation is 1. The van der Waals surface area contributed by atoms with Gasteiger partial charge in [0.05, 0.1) is 17.2 Å². The van der Waals surface area contributed by atoms with Gasteiger partial charge in [0.15, 0.2) is 5.76 Å². The summed E-state index contributed by atoms with van der Waals surface area (Å²) >= 11 is 0. The molecule has 0 saturated heterocycles. The number of hydrogen-bond acceptors (Lipinski definition) is 7. The highest BCUT2D eigenvalue weighted by molar-refractivity contribution is 7.89. The SMILES string of the molecule is Cc1ccc(S(=O)(=O)N(C)Cc2ccc(C(=O)N/N=C\c3ccc([N+](=O)[O-])o3)cc2)cc1. The van der Waals surface area contributed by atoms with Crippen molar-refractivity contribution in [2.45, 2.75) is 18.4 Å². The maximum atomic E-state index is 12.7. The molecule has 3 aromatic rings. The molecule has 32 heavy (non-hydrogen) atoms. The van der Waals surface area contributed by atoms with Gasteiger partial charge in [-0.25, -0.2) is 13.8 Å². The number of rotatable bonds is 8. The van der Waals surface area contributed by atoms with Gasteiger partial charge in [0.1, 0.15) is 4.92 Å². The molecule has 0 fully saturated rings. The number of benzene rings is 2. The maximum absolute atomic E-state index is 12.7. The lowest BCUT2D eigenvalue weighted by Crippen LogP contribution is -2.26. The minimum atomic E-state index is -3.64. The molecule has 0 radical (unpaired) electrons. The second-order valence-corrected chi connectivity index (χ2v) is 8.95. The third-order valence-corrected chi connectivity index (χ3v) is 6.32. The monoisotopic (exact) mass is 456 g/mol. The third-order valence-electron chi connectivity index (χ3n) is 4.50. The number of nitro groups is 1. The van der Waals surface area contributed by atoms with Gasteiger partial charge in [0, 0.05) is 19.2 Å². The van der Waals surface area contributed by atoms with Crippen LogP contribution >= 0.6 is 0 Å². The lowest BCUT2D eigenvalue weighted by atomic mass is 10.1. The van der Waals surface area contributed by atoms with E-state index in [2.05, 4.69) is 10.5 Å². The van der Waals surface area contributed by atoms with Crippen molar-refractivity contribution in [1.82, 2.24) is 9.73 Å². The quantitative estimate of drug-likeness (QED) is 0.314. The molecule has 1 aromatic heterocycles. The lowest BCUT2D eigenvalue weighted by Gasteiger charge is -2.17. The van der Waals surface area contributed by atoms with E-state index in [4.69, 9.17) is 4.42 Å². The first-order chi connectivity index (χ1) is 15.2. The molecule has 0 aliphatic rings. The average Bonchev–Trinajstić information content (AvgIpc) is 3.24. The summed E-state index contributed by atoms with van der Waals surface area (Å²) in [5, 5.41) is 14.3. The number of carbonyl (C=O) groups excluding carboxylic acids is 1. The van der Waals surface area contributed by atoms with E-state index in [0.29, 0.717) is 11.1 Å². The smallest absolute Gasteiger partial charge is 0.400 e. The Bertz CT molecular complexity index is 1250. The zero-order valence-corrected chi connectivity index (χ0v) is 18.1. The maximum Gasteiger partial charge on any atom is 0.433 e. The highest BCUT2D eigenvalue weighted by atomic mass is 32.2. The van der Waals surface area contributed by atoms with Crippen LogP contribution in [0.1, 0.15) is 27.2 Å². The fourth-order valence-corrected chi connectivity index (χ4v) is 3.88. The van der Waals surface area contributed by atoms with Crippen LogP contribution in [0.2, 0.25) is 0 Å². The largest absolute Gasteiger partial charge is 0.433 e. The summed E-state index contributed by atoms with van der Waals surface area (Å²) in [6.07, 6.45) is 1.14. The van der Waals surface area contributed by atoms with Crippen molar-refractivity contribution in [2.24, 2.45) is 5.10 Å². The Kier molecular flexibility index (Phi) is 6.81. The van der Waals surface area contributed by atoms with Gasteiger partial charge in [0.2, 0.25) is 10.0 Å². The molecule has 2 aromatic carbocycles. The molecule has 1 N–H and O–H groups in total. The minimum absolute atomic E-state index is 0.116. The number of hydrazone groups is 1. The molecule has 0 bridgehead atoms. The fraction of sp³-hybridized carbons (Fsp3) is 0.143. The first kappa shape index (κ1) is 22.8. The molecular weight excluding hydrogens is 436 g/mol. The fourth-order valence-electron chi connectivity index (χ4n) is 2.72. The second-order valence-electron chi connectivity index (χ2n) is 6.90. The molecule has 0 unspecified atom stereocenters. The van der Waals surface area contributed by atoms with Gasteiger partial charge < -0.3 is 4.42 Å². The van der Waals surface area contributed by atoms with E-state index in [1.54, 1.807) is 48.5 Å². The second kappa shape index (κ2) is 9.54. The van der Waals surface area contributed by atoms with E-state index in [-0.39, 0.29) is 17.2 Å². The van der Waals surface area contributed by atoms with E-state index in [1.807, 2.05) is 6.92 Å². The topological polar surface area (TPSA) is 135 Å². The Hall–Kier alpha value is -3.83. The van der Waals surface area contributed by atoms with E-state index in [9.17, 15) is 23.3 Å². The van der Waals surface area contributed by atoms with Gasteiger partial charge in [-0.1, -0.05) is 29.8 Å². The summed E-state index contributed by atoms with van der Waals surface area (Å²) < 4.78 is 31.5. The molecule has 10 nitrogen and oxygen atoms in total. The van der Waals surface area contributed by atoms with Crippen LogP contribution in [0.5, 0.6) is 0 Å². The van der Waals surface area contributed by atoms with Crippen LogP contribution in [-0.2, 0) is 16.6 Å². The summed E-state index contributed by atoms with van der Waals surface area (Å²) in [5.41, 5.74) is 4.26. The van der Waals surface area contributed by atoms with Crippen molar-refractivity contribution in [3.8, 4) is 0 Å². The first-order valence-electron chi connectivity index (χ1n) is 9.36. The molecule has 1 heterocycles. The first-order valence-corrected chi connectivity index (χ1v) is 10.8. The average molecular weight is 456 g/mol. The van der Waals surface area contributed by atoms with Crippen LogP contribution in [0.15, 0.2) is 75.1 Å². The van der Waals surface area contributed by atoms with Crippen LogP contribution in [0.3, 0.4) is 0 Å². The Balaban J connectivity index is 1.60. The zero-order valence-electron chi connectivity index (χ0n) is 17.3. The summed E-state index contributed by atoms with van der Waals surface area (Å²) in [5.74, 6) is -0.817. The van der Waals surface area contributed by atoms with Crippen LogP contribution in [0, 0.1) is 17.0 Å². The van der Waals surface area contributed by atoms with Crippen molar-refractivity contribution in [3.63, 3.8) is 0 Å². The highest BCUT2D eigenvalue weighted by Gasteiger charge is 2.20. The predicted octanol–water partition coefficient (Wildman–Crippen LogP) is 3.08. The van der Waals surface area contributed by atoms with E-state index < -0.39 is 26.7 Å². The molecule has 1 amide bonds. The van der Waals surface area contributed by atoms with Crippen molar-refractivity contribution in [3.05, 3.63) is 93.2 Å². The number of sulfonamides is 1. The van der Waals surface area contributed by atoms with Gasteiger partial charge in [-0.2, -0.15) is 9.41 Å². The van der Waals surface area contributed by atoms with Crippen molar-refractivity contribution >= 4 is 28.0 Å². The van der Waals surface area contributed by atoms with Crippen LogP contribution in [0.4, 0.5) is 5.88 Å². The number of furan rings is 1. The van der Waals surface area contributed by atoms with Gasteiger partial charge in [-0.3, -0.25) is 14.9 Å². The summed E-state index contributed by atoms with van der Waals surface area (Å²) in [7, 11) is -2.15. The minimum Gasteiger partial charge on any atom is -0.400 e. The molecule has 166 valence electrons. The molecule has 0 atom stereocenters. The van der Waals surface area contributed by atoms with E-state index >= 15 is 0 Å². The summed E-state index contributed by atoms with van der Waals surface area (Å²) in [4.78, 5) is 22.3. The highest BCUT2D eigenvalue weighted by Crippen LogP contribution is 2.18. The number of nitrogens with one attached hydrogen (secondary N) is 1. The standard InChI is InChI=1S/C21H20N4O6S/c1-15-3-10-19(11-4-15)32(29,30)24(2)14-16-5-7-17(8-6-16)21(26)23-22-13-18-9-12-20(31-18)25(27)28/h3-13H,14H2,1-2H3,(H,23,26)/b22-13-. The lowest BCUT2D eigenvalue weighted by molar-refractivity contribution is -0.402. The van der Waals surface area contributed by atoms with Crippen LogP contribution in [-0.4, -0.2) is 36.8 Å². The molecule has 3 rings (SSSR count). The molecular formula is C21H20N4O6S. The van der Waals surface area contributed by atoms with Crippen LogP contribution in [0.25, 0.3) is 0 Å². The number of nitrogens with zero attached hydrogens (tertiary/aromatic N) is 3. The Labute approximate surface area is 184 Å². The Morgan fingerprint density at radius 1 is 1.12 bits per heavy atom. The number of carbonyl (C=O) groups is 1. The van der Waals surface area contributed by atoms with Crippen molar-refractivity contribution in [1.29, 1.82) is 0 Å². The normalized spacial score (nSPS) is 11.7. The molecule has 0 saturated carbocycles. The van der Waals surface area contributed by atoms with Gasteiger partial charge in [-0.15, -0.1) is 0 Å². The van der Waals surface area contributed by atoms with E-state index in [1.165, 1.54) is 23.5 Å². The van der Waals surface area contributed by atoms with Gasteiger partial charge in [0.25, 0.3) is 5.91 Å². The predicted molar refractivity (Wildman–Crippen MR) is 117 cm³/mol. The molecule has 0 aliphatic heterocycles. The van der Waals surface area contributed by atoms with E-state index in [0.717, 1.165) is 11.8 Å². The number of amides is 1. The van der Waals surface area contributed by atoms with Crippen molar-refractivity contribution in [2.75, 3.05) is 7.05 Å². The summed E-state index contributed by atoms with van der Waals surface area (Å²) in [6, 6.07) is 15.5. The summed E-state index contributed by atoms with van der Waals surface area (Å²) in [6.45, 7) is 2.01. The molecule has 0 aliphatic carbocycles. The number of hydrogen-bond donors (Lipinski definition) is 1. The third kappa shape index (κ3) is 5.45. The van der Waals surface area contributed by atoms with Crippen molar-refractivity contribution < 1.29 is 22.6 Å². The zero-order chi connectivity index (χ0) is 23.3. The molecule has 11 heteroatoms. The Morgan fingerprint density at radius 3 is 2.38 bits per heavy atom. The van der Waals surface area contributed by atoms with Gasteiger partial charge in [-0.05, 0) is 42.8 Å². The Morgan fingerprint density at radius 2 is 1.78 bits per heavy atom. The van der Waals surface area contributed by atoms with Gasteiger partial charge >= 0.3 is 5.88 Å². The molecule has 0 spiro atoms.